The van der Waals surface area contributed by atoms with Crippen molar-refractivity contribution in [2.45, 2.75) is 56.9 Å². The van der Waals surface area contributed by atoms with Crippen LogP contribution in [0.3, 0.4) is 0 Å². The quantitative estimate of drug-likeness (QED) is 0.629. The fourth-order valence-corrected chi connectivity index (χ4v) is 3.19. The first-order chi connectivity index (χ1) is 11.4. The molecular weight excluding hydrogens is 318 g/mol. The molecule has 0 aliphatic carbocycles. The largest absolute Gasteiger partial charge is 0.349 e. The summed E-state index contributed by atoms with van der Waals surface area (Å²) < 4.78 is 0. The number of nitrogens with one attached hydrogen (secondary N) is 1. The zero-order chi connectivity index (χ0) is 17.7. The smallest absolute Gasteiger partial charge is 0.233 e. The number of hydrogen-bond donors (Lipinski definition) is 1. The van der Waals surface area contributed by atoms with Crippen molar-refractivity contribution in [1.82, 2.24) is 15.3 Å². The first kappa shape index (κ1) is 18.5. The molecule has 1 aromatic carbocycles. The molecule has 0 aliphatic rings. The highest BCUT2D eigenvalue weighted by atomic mass is 32.2. The van der Waals surface area contributed by atoms with E-state index in [1.165, 1.54) is 11.8 Å². The molecule has 1 N–H and O–H groups in total. The molecule has 0 saturated carbocycles. The molecule has 5 heteroatoms. The normalized spacial score (nSPS) is 13.6. The second-order valence-corrected chi connectivity index (χ2v) is 7.62. The summed E-state index contributed by atoms with van der Waals surface area (Å²) in [5.74, 6) is 1.10. The Balaban J connectivity index is 2.01. The number of benzene rings is 1. The van der Waals surface area contributed by atoms with Crippen molar-refractivity contribution < 1.29 is 4.79 Å². The van der Waals surface area contributed by atoms with E-state index < -0.39 is 0 Å². The standard InChI is InChI=1S/C19H25N3OS/c1-12(2)18-20-13(3)11-17(22-18)24-15(5)19(23)21-14(4)16-9-7-6-8-10-16/h6-12,14-15H,1-5H3,(H,21,23). The van der Waals surface area contributed by atoms with Gasteiger partial charge in [0, 0.05) is 11.6 Å². The summed E-state index contributed by atoms with van der Waals surface area (Å²) in [4.78, 5) is 21.5. The lowest BCUT2D eigenvalue weighted by Crippen LogP contribution is -2.33. The predicted octanol–water partition coefficient (Wildman–Crippen LogP) is 4.27. The summed E-state index contributed by atoms with van der Waals surface area (Å²) in [7, 11) is 0. The van der Waals surface area contributed by atoms with Gasteiger partial charge in [-0.05, 0) is 32.4 Å². The van der Waals surface area contributed by atoms with E-state index in [9.17, 15) is 4.79 Å². The highest BCUT2D eigenvalue weighted by Gasteiger charge is 2.18. The maximum Gasteiger partial charge on any atom is 0.233 e. The number of hydrogen-bond acceptors (Lipinski definition) is 4. The van der Waals surface area contributed by atoms with Gasteiger partial charge in [-0.15, -0.1) is 0 Å². The number of carbonyl (C=O) groups is 1. The average molecular weight is 343 g/mol. The van der Waals surface area contributed by atoms with Crippen LogP contribution in [0.4, 0.5) is 0 Å². The lowest BCUT2D eigenvalue weighted by atomic mass is 10.1. The van der Waals surface area contributed by atoms with E-state index in [1.54, 1.807) is 0 Å². The molecular formula is C19H25N3OS. The Kier molecular flexibility index (Phi) is 6.37. The van der Waals surface area contributed by atoms with Crippen LogP contribution in [-0.2, 0) is 4.79 Å². The van der Waals surface area contributed by atoms with Crippen LogP contribution in [0.1, 0.15) is 56.7 Å². The molecule has 0 fully saturated rings. The van der Waals surface area contributed by atoms with Gasteiger partial charge in [0.2, 0.25) is 5.91 Å². The number of aryl methyl sites for hydroxylation is 1. The minimum atomic E-state index is -0.217. The summed E-state index contributed by atoms with van der Waals surface area (Å²) in [5.41, 5.74) is 2.03. The van der Waals surface area contributed by atoms with Gasteiger partial charge in [0.15, 0.2) is 0 Å². The molecule has 0 bridgehead atoms. The van der Waals surface area contributed by atoms with Crippen LogP contribution in [0, 0.1) is 6.92 Å². The molecule has 24 heavy (non-hydrogen) atoms. The molecule has 2 rings (SSSR count). The van der Waals surface area contributed by atoms with Crippen LogP contribution in [0.2, 0.25) is 0 Å². The summed E-state index contributed by atoms with van der Waals surface area (Å²) in [6.07, 6.45) is 0. The van der Waals surface area contributed by atoms with Gasteiger partial charge in [-0.2, -0.15) is 0 Å². The van der Waals surface area contributed by atoms with Crippen molar-refractivity contribution in [3.05, 3.63) is 53.5 Å². The molecule has 0 saturated heterocycles. The Morgan fingerprint density at radius 2 is 1.75 bits per heavy atom. The van der Waals surface area contributed by atoms with Crippen LogP contribution in [0.25, 0.3) is 0 Å². The van der Waals surface area contributed by atoms with Crippen LogP contribution in [0.5, 0.6) is 0 Å². The summed E-state index contributed by atoms with van der Waals surface area (Å²) >= 11 is 1.47. The van der Waals surface area contributed by atoms with Crippen molar-refractivity contribution in [2.75, 3.05) is 0 Å². The summed E-state index contributed by atoms with van der Waals surface area (Å²) in [5, 5.41) is 3.70. The molecule has 2 unspecified atom stereocenters. The SMILES string of the molecule is Cc1cc(SC(C)C(=O)NC(C)c2ccccc2)nc(C(C)C)n1. The van der Waals surface area contributed by atoms with Crippen LogP contribution in [0.15, 0.2) is 41.4 Å². The highest BCUT2D eigenvalue weighted by molar-refractivity contribution is 8.00. The van der Waals surface area contributed by atoms with Crippen LogP contribution >= 0.6 is 11.8 Å². The zero-order valence-corrected chi connectivity index (χ0v) is 15.7. The van der Waals surface area contributed by atoms with Crippen molar-refractivity contribution in [1.29, 1.82) is 0 Å². The molecule has 0 aliphatic heterocycles. The Morgan fingerprint density at radius 1 is 1.08 bits per heavy atom. The van der Waals surface area contributed by atoms with Crippen LogP contribution < -0.4 is 5.32 Å². The number of aromatic nitrogens is 2. The Morgan fingerprint density at radius 3 is 2.38 bits per heavy atom. The lowest BCUT2D eigenvalue weighted by Gasteiger charge is -2.18. The third kappa shape index (κ3) is 5.06. The first-order valence-electron chi connectivity index (χ1n) is 8.24. The molecule has 128 valence electrons. The number of amides is 1. The third-order valence-corrected chi connectivity index (χ3v) is 4.71. The minimum absolute atomic E-state index is 0.0127. The van der Waals surface area contributed by atoms with Gasteiger partial charge >= 0.3 is 0 Å². The molecule has 4 nitrogen and oxygen atoms in total. The lowest BCUT2D eigenvalue weighted by molar-refractivity contribution is -0.120. The Bertz CT molecular complexity index is 688. The topological polar surface area (TPSA) is 54.9 Å². The molecule has 1 aromatic heterocycles. The second kappa shape index (κ2) is 8.29. The van der Waals surface area contributed by atoms with Crippen molar-refractivity contribution in [2.24, 2.45) is 0 Å². The van der Waals surface area contributed by atoms with Crippen molar-refractivity contribution in [3.63, 3.8) is 0 Å². The highest BCUT2D eigenvalue weighted by Crippen LogP contribution is 2.24. The van der Waals surface area contributed by atoms with Crippen LogP contribution in [-0.4, -0.2) is 21.1 Å². The molecule has 2 atom stereocenters. The zero-order valence-electron chi connectivity index (χ0n) is 14.9. The molecule has 2 aromatic rings. The van der Waals surface area contributed by atoms with Crippen molar-refractivity contribution in [3.8, 4) is 0 Å². The Hall–Kier alpha value is -1.88. The molecule has 1 heterocycles. The van der Waals surface area contributed by atoms with E-state index in [-0.39, 0.29) is 23.1 Å². The predicted molar refractivity (Wildman–Crippen MR) is 99.2 cm³/mol. The van der Waals surface area contributed by atoms with E-state index in [1.807, 2.05) is 57.2 Å². The molecule has 1 amide bonds. The fraction of sp³-hybridized carbons (Fsp3) is 0.421. The van der Waals surface area contributed by atoms with E-state index >= 15 is 0 Å². The first-order valence-corrected chi connectivity index (χ1v) is 9.12. The van der Waals surface area contributed by atoms with Gasteiger partial charge in [0.05, 0.1) is 11.3 Å². The van der Waals surface area contributed by atoms with E-state index in [4.69, 9.17) is 0 Å². The molecule has 0 spiro atoms. The number of rotatable bonds is 6. The summed E-state index contributed by atoms with van der Waals surface area (Å²) in [6, 6.07) is 11.9. The van der Waals surface area contributed by atoms with Gasteiger partial charge in [-0.1, -0.05) is 55.9 Å². The number of thioether (sulfide) groups is 1. The minimum Gasteiger partial charge on any atom is -0.349 e. The van der Waals surface area contributed by atoms with E-state index in [0.29, 0.717) is 0 Å². The maximum atomic E-state index is 12.5. The van der Waals surface area contributed by atoms with Gasteiger partial charge in [-0.25, -0.2) is 9.97 Å². The van der Waals surface area contributed by atoms with Gasteiger partial charge in [0.1, 0.15) is 10.9 Å². The average Bonchev–Trinajstić information content (AvgIpc) is 2.54. The van der Waals surface area contributed by atoms with Crippen molar-refractivity contribution >= 4 is 17.7 Å². The number of carbonyl (C=O) groups excluding carboxylic acids is 1. The van der Waals surface area contributed by atoms with E-state index in [0.717, 1.165) is 22.1 Å². The molecule has 0 radical (unpaired) electrons. The van der Waals surface area contributed by atoms with Gasteiger partial charge < -0.3 is 5.32 Å². The monoisotopic (exact) mass is 343 g/mol. The van der Waals surface area contributed by atoms with Gasteiger partial charge in [-0.3, -0.25) is 4.79 Å². The van der Waals surface area contributed by atoms with E-state index in [2.05, 4.69) is 29.1 Å². The maximum absolute atomic E-state index is 12.5. The summed E-state index contributed by atoms with van der Waals surface area (Å²) in [6.45, 7) is 10.0. The fourth-order valence-electron chi connectivity index (χ4n) is 2.27. The Labute approximate surface area is 148 Å². The van der Waals surface area contributed by atoms with Gasteiger partial charge in [0.25, 0.3) is 0 Å². The second-order valence-electron chi connectivity index (χ2n) is 6.26. The number of nitrogens with zero attached hydrogens (tertiary/aromatic N) is 2. The third-order valence-electron chi connectivity index (χ3n) is 3.69.